The highest BCUT2D eigenvalue weighted by atomic mass is 32.2. The topological polar surface area (TPSA) is 74.7 Å². The van der Waals surface area contributed by atoms with Gasteiger partial charge in [0.25, 0.3) is 0 Å². The van der Waals surface area contributed by atoms with Gasteiger partial charge in [-0.3, -0.25) is 0 Å². The van der Waals surface area contributed by atoms with Crippen molar-refractivity contribution in [3.63, 3.8) is 0 Å². The first-order chi connectivity index (χ1) is 9.64. The van der Waals surface area contributed by atoms with Crippen molar-refractivity contribution < 1.29 is 22.7 Å². The molecule has 1 heterocycles. The summed E-state index contributed by atoms with van der Waals surface area (Å²) in [4.78, 5) is 10.7. The predicted octanol–water partition coefficient (Wildman–Crippen LogP) is 2.25. The Bertz CT molecular complexity index is 686. The van der Waals surface area contributed by atoms with Crippen LogP contribution in [0.15, 0.2) is 17.0 Å². The summed E-state index contributed by atoms with van der Waals surface area (Å²) in [6.45, 7) is 5.46. The number of rotatable bonds is 3. The Morgan fingerprint density at radius 2 is 2.00 bits per heavy atom. The molecule has 0 bridgehead atoms. The first-order valence-electron chi connectivity index (χ1n) is 6.70. The Labute approximate surface area is 123 Å². The molecule has 7 heteroatoms. The van der Waals surface area contributed by atoms with Crippen LogP contribution in [-0.4, -0.2) is 36.4 Å². The smallest absolute Gasteiger partial charge is 0.335 e. The van der Waals surface area contributed by atoms with E-state index in [0.717, 1.165) is 18.6 Å². The monoisotopic (exact) mass is 315 g/mol. The molecule has 0 saturated carbocycles. The van der Waals surface area contributed by atoms with Gasteiger partial charge in [0.2, 0.25) is 10.0 Å². The molecular weight excluding hydrogens is 297 g/mol. The highest BCUT2D eigenvalue weighted by molar-refractivity contribution is 7.89. The van der Waals surface area contributed by atoms with Gasteiger partial charge in [0.1, 0.15) is 5.82 Å². The van der Waals surface area contributed by atoms with Crippen LogP contribution in [0.25, 0.3) is 0 Å². The van der Waals surface area contributed by atoms with Gasteiger partial charge in [0.05, 0.1) is 10.5 Å². The van der Waals surface area contributed by atoms with Crippen molar-refractivity contribution in [2.45, 2.75) is 38.1 Å². The summed E-state index contributed by atoms with van der Waals surface area (Å²) in [7, 11) is -3.90. The van der Waals surface area contributed by atoms with Gasteiger partial charge in [-0.2, -0.15) is 4.31 Å². The van der Waals surface area contributed by atoms with Crippen molar-refractivity contribution >= 4 is 16.0 Å². The van der Waals surface area contributed by atoms with Crippen LogP contribution in [0.3, 0.4) is 0 Å². The first kappa shape index (κ1) is 15.9. The normalized spacial score (nSPS) is 23.4. The maximum absolute atomic E-state index is 13.8. The number of carbonyl (C=O) groups is 1. The van der Waals surface area contributed by atoms with Gasteiger partial charge >= 0.3 is 5.97 Å². The van der Waals surface area contributed by atoms with E-state index in [4.69, 9.17) is 5.11 Å². The third-order valence-corrected chi connectivity index (χ3v) is 5.96. The van der Waals surface area contributed by atoms with Crippen LogP contribution >= 0.6 is 0 Å². The number of nitrogens with zero attached hydrogens (tertiary/aromatic N) is 1. The lowest BCUT2D eigenvalue weighted by atomic mass is 10.1. The Morgan fingerprint density at radius 3 is 2.48 bits per heavy atom. The molecule has 1 aliphatic heterocycles. The summed E-state index contributed by atoms with van der Waals surface area (Å²) in [5.74, 6) is -1.95. The zero-order valence-electron chi connectivity index (χ0n) is 12.1. The van der Waals surface area contributed by atoms with Crippen molar-refractivity contribution in [2.24, 2.45) is 5.92 Å². The fourth-order valence-electron chi connectivity index (χ4n) is 2.77. The van der Waals surface area contributed by atoms with E-state index in [9.17, 15) is 17.6 Å². The van der Waals surface area contributed by atoms with Crippen LogP contribution in [0.4, 0.5) is 4.39 Å². The number of hydrogen-bond acceptors (Lipinski definition) is 3. The van der Waals surface area contributed by atoms with E-state index in [1.165, 1.54) is 11.2 Å². The van der Waals surface area contributed by atoms with Crippen LogP contribution in [0.1, 0.15) is 36.2 Å². The maximum Gasteiger partial charge on any atom is 0.335 e. The lowest BCUT2D eigenvalue weighted by Crippen LogP contribution is -2.34. The van der Waals surface area contributed by atoms with E-state index in [1.54, 1.807) is 6.92 Å². The highest BCUT2D eigenvalue weighted by Gasteiger charge is 2.37. The summed E-state index contributed by atoms with van der Waals surface area (Å²) in [6.07, 6.45) is 0.735. The van der Waals surface area contributed by atoms with Gasteiger partial charge in [-0.25, -0.2) is 17.6 Å². The molecule has 1 aliphatic rings. The lowest BCUT2D eigenvalue weighted by Gasteiger charge is -2.22. The quantitative estimate of drug-likeness (QED) is 0.928. The Morgan fingerprint density at radius 1 is 1.38 bits per heavy atom. The molecule has 0 aliphatic carbocycles. The van der Waals surface area contributed by atoms with Crippen LogP contribution in [0.2, 0.25) is 0 Å². The molecule has 1 fully saturated rings. The number of carboxylic acid groups (broad SMARTS) is 1. The highest BCUT2D eigenvalue weighted by Crippen LogP contribution is 2.31. The predicted molar refractivity (Wildman–Crippen MR) is 75.2 cm³/mol. The van der Waals surface area contributed by atoms with E-state index in [2.05, 4.69) is 0 Å². The summed E-state index contributed by atoms with van der Waals surface area (Å²) in [5.41, 5.74) is -0.414. The number of benzene rings is 1. The fraction of sp³-hybridized carbons (Fsp3) is 0.500. The zero-order chi connectivity index (χ0) is 15.9. The second-order valence-electron chi connectivity index (χ2n) is 5.65. The van der Waals surface area contributed by atoms with Crippen molar-refractivity contribution in [2.75, 3.05) is 6.54 Å². The SMILES string of the molecule is Cc1c(F)cc(C(=O)O)cc1S(=O)(=O)N1CC(C)CC1C. The average Bonchev–Trinajstić information content (AvgIpc) is 2.71. The molecule has 2 atom stereocenters. The number of sulfonamides is 1. The van der Waals surface area contributed by atoms with Crippen LogP contribution in [-0.2, 0) is 10.0 Å². The van der Waals surface area contributed by atoms with Gasteiger partial charge in [-0.15, -0.1) is 0 Å². The number of aromatic carboxylic acids is 1. The van der Waals surface area contributed by atoms with E-state index in [0.29, 0.717) is 6.54 Å². The van der Waals surface area contributed by atoms with Crippen molar-refractivity contribution in [3.05, 3.63) is 29.1 Å². The van der Waals surface area contributed by atoms with Gasteiger partial charge in [0, 0.05) is 18.2 Å². The van der Waals surface area contributed by atoms with E-state index in [1.807, 2.05) is 6.92 Å². The summed E-state index contributed by atoms with van der Waals surface area (Å²) in [6, 6.07) is 1.69. The van der Waals surface area contributed by atoms with Crippen LogP contribution < -0.4 is 0 Å². The third kappa shape index (κ3) is 2.80. The van der Waals surface area contributed by atoms with Gasteiger partial charge in [-0.05, 0) is 38.3 Å². The Hall–Kier alpha value is -1.47. The minimum atomic E-state index is -3.90. The minimum absolute atomic E-state index is 0.0493. The largest absolute Gasteiger partial charge is 0.478 e. The van der Waals surface area contributed by atoms with Gasteiger partial charge in [0.15, 0.2) is 0 Å². The van der Waals surface area contributed by atoms with Crippen molar-refractivity contribution in [3.8, 4) is 0 Å². The molecule has 1 saturated heterocycles. The second-order valence-corrected chi connectivity index (χ2v) is 7.51. The third-order valence-electron chi connectivity index (χ3n) is 3.86. The Kier molecular flexibility index (Phi) is 4.08. The molecule has 5 nitrogen and oxygen atoms in total. The molecule has 0 spiro atoms. The van der Waals surface area contributed by atoms with Gasteiger partial charge < -0.3 is 5.11 Å². The summed E-state index contributed by atoms with van der Waals surface area (Å²) < 4.78 is 40.6. The molecule has 2 rings (SSSR count). The molecule has 1 N–H and O–H groups in total. The fourth-order valence-corrected chi connectivity index (χ4v) is 4.79. The summed E-state index contributed by atoms with van der Waals surface area (Å²) in [5, 5.41) is 8.97. The minimum Gasteiger partial charge on any atom is -0.478 e. The zero-order valence-corrected chi connectivity index (χ0v) is 12.9. The van der Waals surface area contributed by atoms with Crippen molar-refractivity contribution in [1.82, 2.24) is 4.31 Å². The van der Waals surface area contributed by atoms with Crippen LogP contribution in [0.5, 0.6) is 0 Å². The number of halogens is 1. The lowest BCUT2D eigenvalue weighted by molar-refractivity contribution is 0.0696. The molecule has 0 aromatic heterocycles. The number of carboxylic acids is 1. The van der Waals surface area contributed by atoms with E-state index in [-0.39, 0.29) is 28.0 Å². The van der Waals surface area contributed by atoms with Gasteiger partial charge in [-0.1, -0.05) is 6.92 Å². The summed E-state index contributed by atoms with van der Waals surface area (Å²) >= 11 is 0. The molecule has 1 aromatic carbocycles. The molecule has 1 aromatic rings. The first-order valence-corrected chi connectivity index (χ1v) is 8.14. The van der Waals surface area contributed by atoms with E-state index < -0.39 is 21.8 Å². The molecule has 0 amide bonds. The Balaban J connectivity index is 2.57. The molecule has 0 radical (unpaired) electrons. The van der Waals surface area contributed by atoms with Crippen molar-refractivity contribution in [1.29, 1.82) is 0 Å². The molecule has 2 unspecified atom stereocenters. The van der Waals surface area contributed by atoms with Crippen LogP contribution in [0, 0.1) is 18.7 Å². The average molecular weight is 315 g/mol. The molecule has 116 valence electrons. The number of hydrogen-bond donors (Lipinski definition) is 1. The standard InChI is InChI=1S/C14H18FNO4S/c1-8-4-9(2)16(7-8)21(19,20)13-6-11(14(17)18)5-12(15)10(13)3/h5-6,8-9H,4,7H2,1-3H3,(H,17,18). The second kappa shape index (κ2) is 5.38. The maximum atomic E-state index is 13.8. The molecule has 21 heavy (non-hydrogen) atoms. The van der Waals surface area contributed by atoms with E-state index >= 15 is 0 Å². The molecular formula is C14H18FNO4S.